The summed E-state index contributed by atoms with van der Waals surface area (Å²) in [6, 6.07) is 9.26. The lowest BCUT2D eigenvalue weighted by atomic mass is 10.1. The van der Waals surface area contributed by atoms with Crippen molar-refractivity contribution in [2.24, 2.45) is 0 Å². The Morgan fingerprint density at radius 1 is 1.25 bits per heavy atom. The number of pyridine rings is 1. The van der Waals surface area contributed by atoms with Crippen molar-refractivity contribution in [3.8, 4) is 0 Å². The van der Waals surface area contributed by atoms with Crippen LogP contribution in [0.1, 0.15) is 11.7 Å². The van der Waals surface area contributed by atoms with Gasteiger partial charge < -0.3 is 9.64 Å². The highest BCUT2D eigenvalue weighted by molar-refractivity contribution is 6.30. The highest BCUT2D eigenvalue weighted by Gasteiger charge is 2.23. The standard InChI is InChI=1S/C15H14ClFN2O/c16-12-3-1-11(2-4-12)15-10-19(7-8-20-15)14-5-6-18-9-13(14)17/h1-6,9,15H,7-8,10H2/t15-/m1/s1. The molecule has 1 aliphatic rings. The van der Waals surface area contributed by atoms with Crippen LogP contribution in [0.15, 0.2) is 42.7 Å². The summed E-state index contributed by atoms with van der Waals surface area (Å²) in [5, 5.41) is 0.696. The van der Waals surface area contributed by atoms with Crippen LogP contribution < -0.4 is 4.90 Å². The maximum atomic E-state index is 13.8. The van der Waals surface area contributed by atoms with Gasteiger partial charge in [-0.1, -0.05) is 23.7 Å². The van der Waals surface area contributed by atoms with Gasteiger partial charge in [-0.05, 0) is 23.8 Å². The minimum Gasteiger partial charge on any atom is -0.370 e. The lowest BCUT2D eigenvalue weighted by Crippen LogP contribution is -2.38. The molecule has 3 rings (SSSR count). The molecule has 104 valence electrons. The fourth-order valence-corrected chi connectivity index (χ4v) is 2.50. The van der Waals surface area contributed by atoms with E-state index in [9.17, 15) is 4.39 Å². The van der Waals surface area contributed by atoms with Crippen LogP contribution in [-0.2, 0) is 4.74 Å². The Morgan fingerprint density at radius 2 is 2.05 bits per heavy atom. The van der Waals surface area contributed by atoms with Gasteiger partial charge in [0.15, 0.2) is 5.82 Å². The first-order valence-corrected chi connectivity index (χ1v) is 6.83. The van der Waals surface area contributed by atoms with Crippen LogP contribution in [0, 0.1) is 5.82 Å². The smallest absolute Gasteiger partial charge is 0.164 e. The zero-order valence-corrected chi connectivity index (χ0v) is 11.6. The average Bonchev–Trinajstić information content (AvgIpc) is 2.49. The molecule has 1 aromatic carbocycles. The van der Waals surface area contributed by atoms with Crippen molar-refractivity contribution in [3.63, 3.8) is 0 Å². The molecule has 1 saturated heterocycles. The third-order valence-electron chi connectivity index (χ3n) is 3.40. The number of morpholine rings is 1. The fourth-order valence-electron chi connectivity index (χ4n) is 2.37. The second-order valence-electron chi connectivity index (χ2n) is 4.68. The summed E-state index contributed by atoms with van der Waals surface area (Å²) < 4.78 is 19.6. The molecule has 20 heavy (non-hydrogen) atoms. The first-order chi connectivity index (χ1) is 9.74. The predicted octanol–water partition coefficient (Wildman–Crippen LogP) is 3.45. The molecule has 0 bridgehead atoms. The summed E-state index contributed by atoms with van der Waals surface area (Å²) in [5.74, 6) is -0.302. The molecule has 0 amide bonds. The van der Waals surface area contributed by atoms with E-state index < -0.39 is 0 Å². The Labute approximate surface area is 122 Å². The number of nitrogens with zero attached hydrogens (tertiary/aromatic N) is 2. The van der Waals surface area contributed by atoms with Gasteiger partial charge in [0.25, 0.3) is 0 Å². The largest absolute Gasteiger partial charge is 0.370 e. The maximum absolute atomic E-state index is 13.8. The van der Waals surface area contributed by atoms with Crippen molar-refractivity contribution in [2.45, 2.75) is 6.10 Å². The van der Waals surface area contributed by atoms with E-state index in [2.05, 4.69) is 4.98 Å². The van der Waals surface area contributed by atoms with E-state index in [1.807, 2.05) is 29.2 Å². The van der Waals surface area contributed by atoms with E-state index in [4.69, 9.17) is 16.3 Å². The fraction of sp³-hybridized carbons (Fsp3) is 0.267. The molecular formula is C15H14ClFN2O. The molecule has 1 aliphatic heterocycles. The van der Waals surface area contributed by atoms with E-state index in [1.54, 1.807) is 12.3 Å². The molecule has 0 spiro atoms. The Hall–Kier alpha value is -1.65. The quantitative estimate of drug-likeness (QED) is 0.848. The van der Waals surface area contributed by atoms with Crippen LogP contribution in [0.5, 0.6) is 0 Å². The van der Waals surface area contributed by atoms with E-state index in [1.165, 1.54) is 6.20 Å². The van der Waals surface area contributed by atoms with E-state index in [0.29, 0.717) is 30.4 Å². The third kappa shape index (κ3) is 2.76. The Bertz CT molecular complexity index is 591. The van der Waals surface area contributed by atoms with E-state index >= 15 is 0 Å². The normalized spacial score (nSPS) is 19.1. The molecule has 0 saturated carbocycles. The molecule has 0 N–H and O–H groups in total. The van der Waals surface area contributed by atoms with E-state index in [-0.39, 0.29) is 11.9 Å². The number of hydrogen-bond acceptors (Lipinski definition) is 3. The SMILES string of the molecule is Fc1cnccc1N1CCO[C@@H](c2ccc(Cl)cc2)C1. The number of benzene rings is 1. The lowest BCUT2D eigenvalue weighted by Gasteiger charge is -2.34. The van der Waals surface area contributed by atoms with Gasteiger partial charge in [0, 0.05) is 24.3 Å². The van der Waals surface area contributed by atoms with E-state index in [0.717, 1.165) is 5.56 Å². The monoisotopic (exact) mass is 292 g/mol. The highest BCUT2D eigenvalue weighted by Crippen LogP contribution is 2.27. The summed E-state index contributed by atoms with van der Waals surface area (Å²) >= 11 is 5.89. The van der Waals surface area contributed by atoms with Crippen molar-refractivity contribution in [3.05, 3.63) is 59.1 Å². The van der Waals surface area contributed by atoms with Crippen molar-refractivity contribution < 1.29 is 9.13 Å². The van der Waals surface area contributed by atoms with Gasteiger partial charge in [-0.2, -0.15) is 0 Å². The molecule has 5 heteroatoms. The second-order valence-corrected chi connectivity index (χ2v) is 5.12. The number of aromatic nitrogens is 1. The minimum atomic E-state index is -0.302. The summed E-state index contributed by atoms with van der Waals surface area (Å²) in [5.41, 5.74) is 1.62. The van der Waals surface area contributed by atoms with Gasteiger partial charge in [-0.15, -0.1) is 0 Å². The molecular weight excluding hydrogens is 279 g/mol. The zero-order valence-electron chi connectivity index (χ0n) is 10.8. The number of rotatable bonds is 2. The molecule has 1 fully saturated rings. The zero-order chi connectivity index (χ0) is 13.9. The first-order valence-electron chi connectivity index (χ1n) is 6.45. The van der Waals surface area contributed by atoms with Crippen molar-refractivity contribution in [1.29, 1.82) is 0 Å². The van der Waals surface area contributed by atoms with Gasteiger partial charge in [0.05, 0.1) is 18.5 Å². The van der Waals surface area contributed by atoms with Gasteiger partial charge in [0.2, 0.25) is 0 Å². The molecule has 3 nitrogen and oxygen atoms in total. The van der Waals surface area contributed by atoms with Gasteiger partial charge in [-0.3, -0.25) is 4.98 Å². The van der Waals surface area contributed by atoms with Crippen LogP contribution >= 0.6 is 11.6 Å². The number of ether oxygens (including phenoxy) is 1. The summed E-state index contributed by atoms with van der Waals surface area (Å²) in [7, 11) is 0. The molecule has 2 aromatic rings. The molecule has 2 heterocycles. The average molecular weight is 293 g/mol. The van der Waals surface area contributed by atoms with Crippen LogP contribution in [0.4, 0.5) is 10.1 Å². The molecule has 1 atom stereocenters. The predicted molar refractivity (Wildman–Crippen MR) is 76.6 cm³/mol. The summed E-state index contributed by atoms with van der Waals surface area (Å²) in [6.45, 7) is 1.85. The molecule has 0 unspecified atom stereocenters. The van der Waals surface area contributed by atoms with Crippen molar-refractivity contribution in [2.75, 3.05) is 24.6 Å². The van der Waals surface area contributed by atoms with Crippen LogP contribution in [-0.4, -0.2) is 24.7 Å². The number of halogens is 2. The van der Waals surface area contributed by atoms with Gasteiger partial charge in [-0.25, -0.2) is 4.39 Å². The number of hydrogen-bond donors (Lipinski definition) is 0. The minimum absolute atomic E-state index is 0.0754. The highest BCUT2D eigenvalue weighted by atomic mass is 35.5. The molecule has 0 radical (unpaired) electrons. The van der Waals surface area contributed by atoms with Crippen LogP contribution in [0.2, 0.25) is 5.02 Å². The van der Waals surface area contributed by atoms with Gasteiger partial charge in [0.1, 0.15) is 6.10 Å². The summed E-state index contributed by atoms with van der Waals surface area (Å²) in [6.07, 6.45) is 2.77. The molecule has 0 aliphatic carbocycles. The van der Waals surface area contributed by atoms with Crippen molar-refractivity contribution in [1.82, 2.24) is 4.98 Å². The summed E-state index contributed by atoms with van der Waals surface area (Å²) in [4.78, 5) is 5.76. The second kappa shape index (κ2) is 5.77. The Balaban J connectivity index is 1.80. The Kier molecular flexibility index (Phi) is 3.85. The Morgan fingerprint density at radius 3 is 2.80 bits per heavy atom. The van der Waals surface area contributed by atoms with Crippen LogP contribution in [0.25, 0.3) is 0 Å². The first kappa shape index (κ1) is 13.3. The van der Waals surface area contributed by atoms with Crippen LogP contribution in [0.3, 0.4) is 0 Å². The van der Waals surface area contributed by atoms with Crippen molar-refractivity contribution >= 4 is 17.3 Å². The topological polar surface area (TPSA) is 25.4 Å². The lowest BCUT2D eigenvalue weighted by molar-refractivity contribution is 0.0396. The molecule has 1 aromatic heterocycles. The maximum Gasteiger partial charge on any atom is 0.164 e. The third-order valence-corrected chi connectivity index (χ3v) is 3.65. The van der Waals surface area contributed by atoms with Gasteiger partial charge >= 0.3 is 0 Å². The number of anilines is 1.